The molecule has 1 aromatic heterocycles. The first kappa shape index (κ1) is 17.2. The summed E-state index contributed by atoms with van der Waals surface area (Å²) in [5, 5.41) is 8.76. The Bertz CT molecular complexity index is 611. The molecule has 7 heteroatoms. The van der Waals surface area contributed by atoms with Crippen molar-refractivity contribution in [3.63, 3.8) is 0 Å². The van der Waals surface area contributed by atoms with Crippen molar-refractivity contribution in [1.82, 2.24) is 20.4 Å². The molecule has 0 bridgehead atoms. The van der Waals surface area contributed by atoms with Crippen LogP contribution >= 0.6 is 0 Å². The van der Waals surface area contributed by atoms with Crippen LogP contribution in [0.3, 0.4) is 0 Å². The highest BCUT2D eigenvalue weighted by molar-refractivity contribution is 5.94. The molecule has 2 amide bonds. The molecule has 1 aliphatic heterocycles. The topological polar surface area (TPSA) is 95.2 Å². The molecule has 0 saturated carbocycles. The van der Waals surface area contributed by atoms with E-state index in [1.165, 1.54) is 12.3 Å². The molecule has 7 nitrogen and oxygen atoms in total. The predicted octanol–water partition coefficient (Wildman–Crippen LogP) is 0.927. The summed E-state index contributed by atoms with van der Waals surface area (Å²) in [5.41, 5.74) is -0.172. The van der Waals surface area contributed by atoms with Crippen LogP contribution in [-0.2, 0) is 4.79 Å². The van der Waals surface area contributed by atoms with Gasteiger partial charge >= 0.3 is 0 Å². The number of H-pyrrole nitrogens is 1. The fourth-order valence-corrected chi connectivity index (χ4v) is 2.60. The van der Waals surface area contributed by atoms with Crippen molar-refractivity contribution in [2.45, 2.75) is 45.6 Å². The average Bonchev–Trinajstić information content (AvgIpc) is 2.67. The van der Waals surface area contributed by atoms with Crippen molar-refractivity contribution < 1.29 is 9.59 Å². The minimum atomic E-state index is -0.409. The van der Waals surface area contributed by atoms with Crippen molar-refractivity contribution in [3.8, 4) is 0 Å². The lowest BCUT2D eigenvalue weighted by Crippen LogP contribution is -2.36. The number of rotatable bonds is 5. The van der Waals surface area contributed by atoms with Gasteiger partial charge in [-0.05, 0) is 25.2 Å². The van der Waals surface area contributed by atoms with Gasteiger partial charge in [0.1, 0.15) is 0 Å². The van der Waals surface area contributed by atoms with E-state index in [2.05, 4.69) is 29.4 Å². The highest BCUT2D eigenvalue weighted by Crippen LogP contribution is 2.14. The normalized spacial score (nSPS) is 18.8. The first-order valence-corrected chi connectivity index (χ1v) is 8.09. The van der Waals surface area contributed by atoms with Gasteiger partial charge in [-0.2, -0.15) is 5.10 Å². The van der Waals surface area contributed by atoms with E-state index >= 15 is 0 Å². The first-order valence-electron chi connectivity index (χ1n) is 8.09. The molecule has 1 fully saturated rings. The lowest BCUT2D eigenvalue weighted by atomic mass is 10.1. The number of hydrogen-bond acceptors (Lipinski definition) is 4. The number of carbonyl (C=O) groups excluding carboxylic acids is 2. The minimum absolute atomic E-state index is 0.0604. The van der Waals surface area contributed by atoms with Gasteiger partial charge < -0.3 is 10.2 Å². The van der Waals surface area contributed by atoms with Crippen molar-refractivity contribution in [2.75, 3.05) is 13.1 Å². The lowest BCUT2D eigenvalue weighted by molar-refractivity contribution is -0.130. The molecule has 1 aromatic rings. The second-order valence-corrected chi connectivity index (χ2v) is 6.39. The number of nitrogens with zero attached hydrogens (tertiary/aromatic N) is 2. The third-order valence-corrected chi connectivity index (χ3v) is 4.05. The first-order chi connectivity index (χ1) is 11.0. The zero-order chi connectivity index (χ0) is 16.8. The summed E-state index contributed by atoms with van der Waals surface area (Å²) in [7, 11) is 0. The van der Waals surface area contributed by atoms with Gasteiger partial charge in [0.25, 0.3) is 11.5 Å². The Labute approximate surface area is 135 Å². The van der Waals surface area contributed by atoms with E-state index in [1.807, 2.05) is 4.90 Å². The van der Waals surface area contributed by atoms with E-state index in [0.717, 1.165) is 19.4 Å². The molecule has 1 saturated heterocycles. The molecular formula is C16H24N4O3. The van der Waals surface area contributed by atoms with Crippen LogP contribution in [0.25, 0.3) is 0 Å². The Morgan fingerprint density at radius 1 is 1.43 bits per heavy atom. The summed E-state index contributed by atoms with van der Waals surface area (Å²) < 4.78 is 0. The van der Waals surface area contributed by atoms with Gasteiger partial charge in [-0.25, -0.2) is 5.10 Å². The fourth-order valence-electron chi connectivity index (χ4n) is 2.60. The molecule has 1 atom stereocenters. The molecule has 0 aliphatic carbocycles. The Hall–Kier alpha value is -2.18. The van der Waals surface area contributed by atoms with Crippen LogP contribution < -0.4 is 10.9 Å². The second kappa shape index (κ2) is 7.89. The quantitative estimate of drug-likeness (QED) is 0.843. The van der Waals surface area contributed by atoms with E-state index in [-0.39, 0.29) is 23.4 Å². The van der Waals surface area contributed by atoms with Gasteiger partial charge in [-0.3, -0.25) is 14.4 Å². The van der Waals surface area contributed by atoms with E-state index in [0.29, 0.717) is 25.3 Å². The molecule has 126 valence electrons. The highest BCUT2D eigenvalue weighted by Gasteiger charge is 2.23. The van der Waals surface area contributed by atoms with Gasteiger partial charge in [0.2, 0.25) is 5.91 Å². The number of likely N-dealkylation sites (tertiary alicyclic amines) is 1. The number of amides is 2. The summed E-state index contributed by atoms with van der Waals surface area (Å²) in [6, 6.07) is 1.16. The molecule has 2 heterocycles. The Morgan fingerprint density at radius 2 is 2.22 bits per heavy atom. The van der Waals surface area contributed by atoms with Crippen molar-refractivity contribution in [2.24, 2.45) is 5.92 Å². The molecule has 0 spiro atoms. The monoisotopic (exact) mass is 320 g/mol. The molecule has 2 rings (SSSR count). The summed E-state index contributed by atoms with van der Waals surface area (Å²) in [6.45, 7) is 5.71. The zero-order valence-electron chi connectivity index (χ0n) is 13.7. The Morgan fingerprint density at radius 3 is 2.91 bits per heavy atom. The lowest BCUT2D eigenvalue weighted by Gasteiger charge is -2.22. The van der Waals surface area contributed by atoms with E-state index in [1.54, 1.807) is 0 Å². The summed E-state index contributed by atoms with van der Waals surface area (Å²) in [6.07, 6.45) is 4.11. The van der Waals surface area contributed by atoms with Crippen molar-refractivity contribution >= 4 is 11.8 Å². The number of hydrogen-bond donors (Lipinski definition) is 2. The highest BCUT2D eigenvalue weighted by atomic mass is 16.2. The fraction of sp³-hybridized carbons (Fsp3) is 0.625. The SMILES string of the molecule is CC(C)CCN1CCC(NC(=O)c2cn[nH]c(=O)c2)CCC1=O. The zero-order valence-corrected chi connectivity index (χ0v) is 13.7. The summed E-state index contributed by atoms with van der Waals surface area (Å²) in [4.78, 5) is 37.4. The summed E-state index contributed by atoms with van der Waals surface area (Å²) in [5.74, 6) is 0.391. The summed E-state index contributed by atoms with van der Waals surface area (Å²) >= 11 is 0. The van der Waals surface area contributed by atoms with Crippen molar-refractivity contribution in [1.29, 1.82) is 0 Å². The Kier molecular flexibility index (Phi) is 5.90. The molecule has 0 aromatic carbocycles. The maximum Gasteiger partial charge on any atom is 0.264 e. The predicted molar refractivity (Wildman–Crippen MR) is 86.0 cm³/mol. The van der Waals surface area contributed by atoms with Gasteiger partial charge in [0, 0.05) is 31.6 Å². The van der Waals surface area contributed by atoms with Gasteiger partial charge in [0.15, 0.2) is 0 Å². The van der Waals surface area contributed by atoms with Gasteiger partial charge in [0.05, 0.1) is 11.8 Å². The van der Waals surface area contributed by atoms with Gasteiger partial charge in [-0.15, -0.1) is 0 Å². The van der Waals surface area contributed by atoms with Crippen LogP contribution in [0.4, 0.5) is 0 Å². The van der Waals surface area contributed by atoms with Crippen LogP contribution in [0.2, 0.25) is 0 Å². The van der Waals surface area contributed by atoms with E-state index < -0.39 is 5.56 Å². The average molecular weight is 320 g/mol. The third-order valence-electron chi connectivity index (χ3n) is 4.05. The minimum Gasteiger partial charge on any atom is -0.349 e. The van der Waals surface area contributed by atoms with Crippen LogP contribution in [0.15, 0.2) is 17.1 Å². The number of nitrogens with one attached hydrogen (secondary N) is 2. The molecule has 2 N–H and O–H groups in total. The van der Waals surface area contributed by atoms with E-state index in [4.69, 9.17) is 0 Å². The number of aromatic amines is 1. The molecule has 1 unspecified atom stereocenters. The van der Waals surface area contributed by atoms with E-state index in [9.17, 15) is 14.4 Å². The second-order valence-electron chi connectivity index (χ2n) is 6.39. The van der Waals surface area contributed by atoms with Crippen LogP contribution in [0, 0.1) is 5.92 Å². The van der Waals surface area contributed by atoms with Crippen LogP contribution in [0.5, 0.6) is 0 Å². The molecule has 23 heavy (non-hydrogen) atoms. The standard InChI is InChI=1S/C16H24N4O3/c1-11(2)5-7-20-8-6-13(3-4-15(20)22)18-16(23)12-9-14(21)19-17-10-12/h9-11,13H,3-8H2,1-2H3,(H,18,23)(H,19,21). The smallest absolute Gasteiger partial charge is 0.264 e. The molecular weight excluding hydrogens is 296 g/mol. The largest absolute Gasteiger partial charge is 0.349 e. The van der Waals surface area contributed by atoms with Crippen molar-refractivity contribution in [3.05, 3.63) is 28.2 Å². The number of aromatic nitrogens is 2. The van der Waals surface area contributed by atoms with Crippen LogP contribution in [-0.4, -0.2) is 46.0 Å². The Balaban J connectivity index is 1.91. The maximum atomic E-state index is 12.2. The number of carbonyl (C=O) groups is 2. The van der Waals surface area contributed by atoms with Gasteiger partial charge in [-0.1, -0.05) is 13.8 Å². The molecule has 0 radical (unpaired) electrons. The maximum absolute atomic E-state index is 12.2. The molecule has 1 aliphatic rings. The third kappa shape index (κ3) is 5.19. The van der Waals surface area contributed by atoms with Crippen LogP contribution in [0.1, 0.15) is 49.9 Å².